The number of amides is 1. The minimum absolute atomic E-state index is 0.0542. The molecule has 98 valence electrons. The second-order valence-corrected chi connectivity index (χ2v) is 5.86. The molecule has 1 N–H and O–H groups in total. The Balaban J connectivity index is 1.85. The van der Waals surface area contributed by atoms with Crippen LogP contribution in [-0.4, -0.2) is 39.6 Å². The van der Waals surface area contributed by atoms with Gasteiger partial charge < -0.3 is 10.0 Å². The zero-order chi connectivity index (χ0) is 13.2. The van der Waals surface area contributed by atoms with E-state index < -0.39 is 5.60 Å². The minimum atomic E-state index is -0.657. The van der Waals surface area contributed by atoms with Gasteiger partial charge in [0.15, 0.2) is 0 Å². The van der Waals surface area contributed by atoms with Crippen LogP contribution in [0.4, 0.5) is 0 Å². The van der Waals surface area contributed by atoms with Crippen LogP contribution >= 0.6 is 11.3 Å². The lowest BCUT2D eigenvalue weighted by atomic mass is 9.89. The molecule has 1 fully saturated rings. The summed E-state index contributed by atoms with van der Waals surface area (Å²) in [6.45, 7) is 4.86. The normalized spacial score (nSPS) is 18.1. The quantitative estimate of drug-likeness (QED) is 0.846. The minimum Gasteiger partial charge on any atom is -0.386 e. The molecule has 1 aliphatic heterocycles. The summed E-state index contributed by atoms with van der Waals surface area (Å²) in [6.07, 6.45) is 4.95. The number of nitrogens with zero attached hydrogens (tertiary/aromatic N) is 2. The summed E-state index contributed by atoms with van der Waals surface area (Å²) in [5.41, 5.74) is 0.158. The van der Waals surface area contributed by atoms with Crippen LogP contribution in [0.5, 0.6) is 0 Å². The average Bonchev–Trinajstić information content (AvgIpc) is 2.69. The highest BCUT2D eigenvalue weighted by Gasteiger charge is 2.41. The molecule has 0 spiro atoms. The second kappa shape index (κ2) is 5.20. The van der Waals surface area contributed by atoms with Crippen LogP contribution < -0.4 is 0 Å². The molecule has 1 amide bonds. The van der Waals surface area contributed by atoms with Crippen LogP contribution in [0, 0.1) is 6.92 Å². The first-order chi connectivity index (χ1) is 8.52. The van der Waals surface area contributed by atoms with Crippen molar-refractivity contribution in [3.8, 4) is 0 Å². The molecular weight excluding hydrogens is 248 g/mol. The van der Waals surface area contributed by atoms with Crippen LogP contribution in [-0.2, 0) is 4.79 Å². The van der Waals surface area contributed by atoms with E-state index in [4.69, 9.17) is 0 Å². The largest absolute Gasteiger partial charge is 0.386 e. The maximum Gasteiger partial charge on any atom is 0.246 e. The summed E-state index contributed by atoms with van der Waals surface area (Å²) in [7, 11) is 0. The monoisotopic (exact) mass is 266 g/mol. The van der Waals surface area contributed by atoms with E-state index in [1.165, 1.54) is 6.08 Å². The number of hydrogen-bond acceptors (Lipinski definition) is 4. The Morgan fingerprint density at radius 2 is 2.39 bits per heavy atom. The first-order valence-corrected chi connectivity index (χ1v) is 7.02. The van der Waals surface area contributed by atoms with Gasteiger partial charge in [-0.25, -0.2) is 4.98 Å². The molecule has 0 radical (unpaired) electrons. The summed E-state index contributed by atoms with van der Waals surface area (Å²) in [4.78, 5) is 17.7. The van der Waals surface area contributed by atoms with Crippen molar-refractivity contribution in [2.75, 3.05) is 13.1 Å². The second-order valence-electron chi connectivity index (χ2n) is 4.79. The van der Waals surface area contributed by atoms with Gasteiger partial charge >= 0.3 is 0 Å². The molecule has 0 aliphatic carbocycles. The SMILES string of the molecule is CCCC1(O)CN(C(=O)C=Cc2csc(C)n2)C1. The summed E-state index contributed by atoms with van der Waals surface area (Å²) >= 11 is 1.56. The van der Waals surface area contributed by atoms with E-state index in [9.17, 15) is 9.90 Å². The van der Waals surface area contributed by atoms with Crippen molar-refractivity contribution in [2.45, 2.75) is 32.3 Å². The van der Waals surface area contributed by atoms with Crippen molar-refractivity contribution in [1.82, 2.24) is 9.88 Å². The maximum absolute atomic E-state index is 11.8. The van der Waals surface area contributed by atoms with Gasteiger partial charge in [0.25, 0.3) is 0 Å². The van der Waals surface area contributed by atoms with E-state index >= 15 is 0 Å². The first kappa shape index (κ1) is 13.2. The highest BCUT2D eigenvalue weighted by molar-refractivity contribution is 7.09. The van der Waals surface area contributed by atoms with Crippen LogP contribution in [0.3, 0.4) is 0 Å². The number of aryl methyl sites for hydroxylation is 1. The van der Waals surface area contributed by atoms with Gasteiger partial charge in [-0.1, -0.05) is 13.3 Å². The van der Waals surface area contributed by atoms with Crippen LogP contribution in [0.2, 0.25) is 0 Å². The molecule has 0 aromatic carbocycles. The van der Waals surface area contributed by atoms with E-state index in [2.05, 4.69) is 4.98 Å². The molecule has 0 unspecified atom stereocenters. The Bertz CT molecular complexity index is 461. The molecule has 1 aromatic rings. The highest BCUT2D eigenvalue weighted by Crippen LogP contribution is 2.25. The number of aromatic nitrogens is 1. The van der Waals surface area contributed by atoms with Crippen molar-refractivity contribution in [2.24, 2.45) is 0 Å². The van der Waals surface area contributed by atoms with Gasteiger partial charge in [0.05, 0.1) is 29.4 Å². The number of β-amino-alcohol motifs (C(OH)–C–C–N with tert-alkyl or cyclic N) is 1. The lowest BCUT2D eigenvalue weighted by molar-refractivity contribution is -0.151. The topological polar surface area (TPSA) is 53.4 Å². The van der Waals surface area contributed by atoms with Crippen molar-refractivity contribution < 1.29 is 9.90 Å². The van der Waals surface area contributed by atoms with Crippen molar-refractivity contribution in [3.63, 3.8) is 0 Å². The van der Waals surface area contributed by atoms with Crippen LogP contribution in [0.1, 0.15) is 30.5 Å². The predicted molar refractivity (Wildman–Crippen MR) is 72.3 cm³/mol. The number of thiazole rings is 1. The lowest BCUT2D eigenvalue weighted by Crippen LogP contribution is -2.63. The Kier molecular flexibility index (Phi) is 3.82. The standard InChI is InChI=1S/C13H18N2O2S/c1-3-6-13(17)8-15(9-13)12(16)5-4-11-7-18-10(2)14-11/h4-5,7,17H,3,6,8-9H2,1-2H3. The van der Waals surface area contributed by atoms with Gasteiger partial charge in [0.2, 0.25) is 5.91 Å². The van der Waals surface area contributed by atoms with Crippen LogP contribution in [0.15, 0.2) is 11.5 Å². The molecule has 0 saturated carbocycles. The summed E-state index contributed by atoms with van der Waals surface area (Å²) in [6, 6.07) is 0. The summed E-state index contributed by atoms with van der Waals surface area (Å²) in [5.74, 6) is -0.0542. The fraction of sp³-hybridized carbons (Fsp3) is 0.538. The molecule has 1 aliphatic rings. The Hall–Kier alpha value is -1.20. The molecular formula is C13H18N2O2S. The molecule has 2 heterocycles. The fourth-order valence-corrected chi connectivity index (χ4v) is 2.74. The Labute approximate surface area is 111 Å². The van der Waals surface area contributed by atoms with Gasteiger partial charge in [-0.2, -0.15) is 0 Å². The van der Waals surface area contributed by atoms with Gasteiger partial charge in [-0.3, -0.25) is 4.79 Å². The smallest absolute Gasteiger partial charge is 0.246 e. The molecule has 0 bridgehead atoms. The molecule has 1 aromatic heterocycles. The number of aliphatic hydroxyl groups is 1. The number of carbonyl (C=O) groups excluding carboxylic acids is 1. The van der Waals surface area contributed by atoms with Crippen LogP contribution in [0.25, 0.3) is 6.08 Å². The van der Waals surface area contributed by atoms with Crippen molar-refractivity contribution in [1.29, 1.82) is 0 Å². The molecule has 2 rings (SSSR count). The maximum atomic E-state index is 11.8. The molecule has 18 heavy (non-hydrogen) atoms. The van der Waals surface area contributed by atoms with E-state index in [0.29, 0.717) is 13.1 Å². The molecule has 5 heteroatoms. The fourth-order valence-electron chi connectivity index (χ4n) is 2.16. The number of carbonyl (C=O) groups is 1. The zero-order valence-electron chi connectivity index (χ0n) is 10.7. The Morgan fingerprint density at radius 1 is 1.67 bits per heavy atom. The number of hydrogen-bond donors (Lipinski definition) is 1. The first-order valence-electron chi connectivity index (χ1n) is 6.14. The Morgan fingerprint density at radius 3 is 2.94 bits per heavy atom. The highest BCUT2D eigenvalue weighted by atomic mass is 32.1. The van der Waals surface area contributed by atoms with E-state index in [0.717, 1.165) is 23.5 Å². The number of likely N-dealkylation sites (tertiary alicyclic amines) is 1. The predicted octanol–water partition coefficient (Wildman–Crippen LogP) is 1.84. The van der Waals surface area contributed by atoms with E-state index in [-0.39, 0.29) is 5.91 Å². The molecule has 0 atom stereocenters. The third kappa shape index (κ3) is 2.97. The zero-order valence-corrected chi connectivity index (χ0v) is 11.5. The molecule has 4 nitrogen and oxygen atoms in total. The van der Waals surface area contributed by atoms with Gasteiger partial charge in [0.1, 0.15) is 0 Å². The third-order valence-corrected chi connectivity index (χ3v) is 3.82. The molecule has 1 saturated heterocycles. The number of rotatable bonds is 4. The summed E-state index contributed by atoms with van der Waals surface area (Å²) < 4.78 is 0. The van der Waals surface area contributed by atoms with E-state index in [1.54, 1.807) is 22.3 Å². The van der Waals surface area contributed by atoms with Gasteiger partial charge in [-0.15, -0.1) is 11.3 Å². The van der Waals surface area contributed by atoms with E-state index in [1.807, 2.05) is 19.2 Å². The third-order valence-electron chi connectivity index (χ3n) is 3.03. The van der Waals surface area contributed by atoms with Crippen molar-refractivity contribution >= 4 is 23.3 Å². The van der Waals surface area contributed by atoms with Crippen molar-refractivity contribution in [3.05, 3.63) is 22.2 Å². The average molecular weight is 266 g/mol. The summed E-state index contributed by atoms with van der Waals surface area (Å²) in [5, 5.41) is 12.9. The van der Waals surface area contributed by atoms with Gasteiger partial charge in [-0.05, 0) is 19.4 Å². The lowest BCUT2D eigenvalue weighted by Gasteiger charge is -2.46. The van der Waals surface area contributed by atoms with Gasteiger partial charge in [0, 0.05) is 11.5 Å².